The van der Waals surface area contributed by atoms with Gasteiger partial charge in [0, 0.05) is 18.2 Å². The molecule has 1 unspecified atom stereocenters. The molecular formula is C12H15F3N2. The lowest BCUT2D eigenvalue weighted by molar-refractivity contribution is 0.539. The second-order valence-electron chi connectivity index (χ2n) is 4.27. The molecule has 17 heavy (non-hydrogen) atoms. The second kappa shape index (κ2) is 5.40. The average molecular weight is 244 g/mol. The first-order valence-electron chi connectivity index (χ1n) is 5.78. The van der Waals surface area contributed by atoms with Crippen molar-refractivity contribution >= 4 is 5.69 Å². The lowest BCUT2D eigenvalue weighted by Gasteiger charge is -2.18. The summed E-state index contributed by atoms with van der Waals surface area (Å²) in [6.45, 7) is 1.74. The van der Waals surface area contributed by atoms with Crippen molar-refractivity contribution in [3.05, 3.63) is 29.6 Å². The molecule has 2 rings (SSSR count). The van der Waals surface area contributed by atoms with Crippen LogP contribution < -0.4 is 10.6 Å². The van der Waals surface area contributed by atoms with Gasteiger partial charge in [0.05, 0.1) is 0 Å². The molecule has 0 spiro atoms. The van der Waals surface area contributed by atoms with E-state index < -0.39 is 17.5 Å². The van der Waals surface area contributed by atoms with Crippen LogP contribution in [0.2, 0.25) is 0 Å². The molecule has 1 aromatic rings. The van der Waals surface area contributed by atoms with E-state index in [4.69, 9.17) is 0 Å². The first kappa shape index (κ1) is 12.2. The number of benzene rings is 1. The molecule has 1 aromatic carbocycles. The molecule has 0 aromatic heterocycles. The van der Waals surface area contributed by atoms with Crippen molar-refractivity contribution in [3.8, 4) is 0 Å². The first-order chi connectivity index (χ1) is 8.16. The Hall–Kier alpha value is -1.23. The van der Waals surface area contributed by atoms with E-state index in [1.807, 2.05) is 0 Å². The van der Waals surface area contributed by atoms with Crippen molar-refractivity contribution in [1.29, 1.82) is 0 Å². The molecule has 5 heteroatoms. The molecule has 1 fully saturated rings. The molecule has 0 aliphatic carbocycles. The van der Waals surface area contributed by atoms with Crippen LogP contribution in [-0.2, 0) is 0 Å². The minimum absolute atomic E-state index is 0.0273. The fourth-order valence-corrected chi connectivity index (χ4v) is 2.05. The highest BCUT2D eigenvalue weighted by Crippen LogP contribution is 2.22. The summed E-state index contributed by atoms with van der Waals surface area (Å²) in [4.78, 5) is 0. The van der Waals surface area contributed by atoms with E-state index in [2.05, 4.69) is 10.6 Å². The Morgan fingerprint density at radius 1 is 1.06 bits per heavy atom. The highest BCUT2D eigenvalue weighted by Gasteiger charge is 2.17. The molecule has 0 amide bonds. The molecule has 0 saturated carbocycles. The predicted molar refractivity (Wildman–Crippen MR) is 60.4 cm³/mol. The smallest absolute Gasteiger partial charge is 0.152 e. The molecule has 1 atom stereocenters. The fourth-order valence-electron chi connectivity index (χ4n) is 2.05. The van der Waals surface area contributed by atoms with Crippen molar-refractivity contribution < 1.29 is 13.2 Å². The summed E-state index contributed by atoms with van der Waals surface area (Å²) < 4.78 is 39.6. The van der Waals surface area contributed by atoms with Gasteiger partial charge in [0.25, 0.3) is 0 Å². The second-order valence-corrected chi connectivity index (χ2v) is 4.27. The summed E-state index contributed by atoms with van der Waals surface area (Å²) in [6, 6.07) is 1.42. The van der Waals surface area contributed by atoms with Gasteiger partial charge in [-0.1, -0.05) is 0 Å². The van der Waals surface area contributed by atoms with Gasteiger partial charge >= 0.3 is 0 Å². The maximum atomic E-state index is 13.4. The standard InChI is InChI=1S/C12H15F3N2/c13-8-6-10(14)12(11(15)7-8)17-9-2-1-4-16-5-3-9/h6-7,9,16-17H,1-5H2. The highest BCUT2D eigenvalue weighted by atomic mass is 19.1. The maximum Gasteiger partial charge on any atom is 0.152 e. The summed E-state index contributed by atoms with van der Waals surface area (Å²) in [5.74, 6) is -2.65. The van der Waals surface area contributed by atoms with E-state index in [0.29, 0.717) is 12.1 Å². The zero-order valence-electron chi connectivity index (χ0n) is 9.40. The topological polar surface area (TPSA) is 24.1 Å². The van der Waals surface area contributed by atoms with Crippen LogP contribution in [0.5, 0.6) is 0 Å². The number of nitrogens with one attached hydrogen (secondary N) is 2. The van der Waals surface area contributed by atoms with Crippen LogP contribution >= 0.6 is 0 Å². The van der Waals surface area contributed by atoms with Crippen LogP contribution in [0.25, 0.3) is 0 Å². The molecular weight excluding hydrogens is 229 g/mol. The van der Waals surface area contributed by atoms with Crippen molar-refractivity contribution in [2.75, 3.05) is 18.4 Å². The SMILES string of the molecule is Fc1cc(F)c(NC2CCCNCC2)c(F)c1. The summed E-state index contributed by atoms with van der Waals surface area (Å²) in [5.41, 5.74) is -0.224. The van der Waals surface area contributed by atoms with Gasteiger partial charge in [-0.25, -0.2) is 13.2 Å². The van der Waals surface area contributed by atoms with E-state index in [0.717, 1.165) is 32.4 Å². The van der Waals surface area contributed by atoms with Crippen molar-refractivity contribution in [2.24, 2.45) is 0 Å². The molecule has 2 N–H and O–H groups in total. The maximum absolute atomic E-state index is 13.4. The molecule has 0 radical (unpaired) electrons. The van der Waals surface area contributed by atoms with E-state index in [-0.39, 0.29) is 11.7 Å². The molecule has 2 nitrogen and oxygen atoms in total. The van der Waals surface area contributed by atoms with Crippen LogP contribution in [-0.4, -0.2) is 19.1 Å². The third kappa shape index (κ3) is 3.12. The molecule has 1 heterocycles. The third-order valence-electron chi connectivity index (χ3n) is 2.93. The largest absolute Gasteiger partial charge is 0.378 e. The van der Waals surface area contributed by atoms with Crippen molar-refractivity contribution in [1.82, 2.24) is 5.32 Å². The number of hydrogen-bond donors (Lipinski definition) is 2. The van der Waals surface area contributed by atoms with Crippen LogP contribution in [0.3, 0.4) is 0 Å². The van der Waals surface area contributed by atoms with E-state index in [1.165, 1.54) is 0 Å². The Morgan fingerprint density at radius 3 is 2.47 bits per heavy atom. The molecule has 1 saturated heterocycles. The Labute approximate surface area is 98.2 Å². The van der Waals surface area contributed by atoms with Crippen LogP contribution in [0.15, 0.2) is 12.1 Å². The zero-order chi connectivity index (χ0) is 12.3. The van der Waals surface area contributed by atoms with Gasteiger partial charge in [-0.15, -0.1) is 0 Å². The Balaban J connectivity index is 2.11. The fraction of sp³-hybridized carbons (Fsp3) is 0.500. The van der Waals surface area contributed by atoms with Gasteiger partial charge < -0.3 is 10.6 Å². The minimum atomic E-state index is -0.895. The van der Waals surface area contributed by atoms with Gasteiger partial charge in [0.15, 0.2) is 11.6 Å². The minimum Gasteiger partial charge on any atom is -0.378 e. The van der Waals surface area contributed by atoms with E-state index in [1.54, 1.807) is 0 Å². The van der Waals surface area contributed by atoms with Crippen LogP contribution in [0.4, 0.5) is 18.9 Å². The molecule has 1 aliphatic heterocycles. The third-order valence-corrected chi connectivity index (χ3v) is 2.93. The highest BCUT2D eigenvalue weighted by molar-refractivity contribution is 5.47. The zero-order valence-corrected chi connectivity index (χ0v) is 9.40. The van der Waals surface area contributed by atoms with Crippen LogP contribution in [0, 0.1) is 17.5 Å². The Bertz CT molecular complexity index is 364. The molecule has 1 aliphatic rings. The first-order valence-corrected chi connectivity index (χ1v) is 5.78. The van der Waals surface area contributed by atoms with Gasteiger partial charge in [-0.2, -0.15) is 0 Å². The Morgan fingerprint density at radius 2 is 1.76 bits per heavy atom. The van der Waals surface area contributed by atoms with Crippen molar-refractivity contribution in [2.45, 2.75) is 25.3 Å². The lowest BCUT2D eigenvalue weighted by atomic mass is 10.1. The number of anilines is 1. The quantitative estimate of drug-likeness (QED) is 0.835. The number of rotatable bonds is 2. The number of hydrogen-bond acceptors (Lipinski definition) is 2. The number of halogens is 3. The van der Waals surface area contributed by atoms with E-state index >= 15 is 0 Å². The Kier molecular flexibility index (Phi) is 3.89. The lowest BCUT2D eigenvalue weighted by Crippen LogP contribution is -2.22. The predicted octanol–water partition coefficient (Wildman–Crippen LogP) is 2.66. The van der Waals surface area contributed by atoms with Crippen molar-refractivity contribution in [3.63, 3.8) is 0 Å². The van der Waals surface area contributed by atoms with Gasteiger partial charge in [-0.3, -0.25) is 0 Å². The van der Waals surface area contributed by atoms with Gasteiger partial charge in [0.2, 0.25) is 0 Å². The molecule has 94 valence electrons. The summed E-state index contributed by atoms with van der Waals surface area (Å²) in [5, 5.41) is 6.04. The summed E-state index contributed by atoms with van der Waals surface area (Å²) >= 11 is 0. The van der Waals surface area contributed by atoms with Gasteiger partial charge in [0.1, 0.15) is 11.5 Å². The summed E-state index contributed by atoms with van der Waals surface area (Å²) in [7, 11) is 0. The van der Waals surface area contributed by atoms with Crippen LogP contribution in [0.1, 0.15) is 19.3 Å². The van der Waals surface area contributed by atoms with E-state index in [9.17, 15) is 13.2 Å². The average Bonchev–Trinajstić information content (AvgIpc) is 2.51. The summed E-state index contributed by atoms with van der Waals surface area (Å²) in [6.07, 6.45) is 2.61. The molecule has 0 bridgehead atoms. The monoisotopic (exact) mass is 244 g/mol. The normalized spacial score (nSPS) is 21.0. The van der Waals surface area contributed by atoms with Gasteiger partial charge in [-0.05, 0) is 32.4 Å².